The summed E-state index contributed by atoms with van der Waals surface area (Å²) in [6, 6.07) is -0.0871. The van der Waals surface area contributed by atoms with Crippen LogP contribution in [0.2, 0.25) is 5.15 Å². The highest BCUT2D eigenvalue weighted by Crippen LogP contribution is 2.23. The van der Waals surface area contributed by atoms with E-state index in [1.165, 1.54) is 12.4 Å². The Kier molecular flexibility index (Phi) is 3.56. The van der Waals surface area contributed by atoms with E-state index in [1.807, 2.05) is 0 Å². The first-order valence-corrected chi connectivity index (χ1v) is 7.12. The number of hydrogen-bond acceptors (Lipinski definition) is 4. The van der Waals surface area contributed by atoms with Crippen molar-refractivity contribution < 1.29 is 9.59 Å². The lowest BCUT2D eigenvalue weighted by molar-refractivity contribution is -0.125. The van der Waals surface area contributed by atoms with Crippen molar-refractivity contribution in [1.82, 2.24) is 20.2 Å². The Morgan fingerprint density at radius 1 is 1.25 bits per heavy atom. The van der Waals surface area contributed by atoms with Gasteiger partial charge in [-0.2, -0.15) is 0 Å². The number of halogens is 1. The molecule has 2 aliphatic rings. The number of amides is 2. The average molecular weight is 295 g/mol. The first kappa shape index (κ1) is 13.3. The molecule has 0 spiro atoms. The number of rotatable bonds is 3. The Labute approximate surface area is 121 Å². The second-order valence-corrected chi connectivity index (χ2v) is 5.55. The number of hydrogen-bond donors (Lipinski definition) is 1. The van der Waals surface area contributed by atoms with E-state index >= 15 is 0 Å². The molecule has 0 aromatic carbocycles. The summed E-state index contributed by atoms with van der Waals surface area (Å²) in [7, 11) is 0. The molecule has 2 amide bonds. The largest absolute Gasteiger partial charge is 0.352 e. The molecule has 6 nitrogen and oxygen atoms in total. The fourth-order valence-corrected chi connectivity index (χ4v) is 2.47. The predicted octanol–water partition coefficient (Wildman–Crippen LogP) is 1.01. The van der Waals surface area contributed by atoms with Gasteiger partial charge in [-0.15, -0.1) is 0 Å². The highest BCUT2D eigenvalue weighted by Gasteiger charge is 2.37. The van der Waals surface area contributed by atoms with Crippen molar-refractivity contribution in [1.29, 1.82) is 0 Å². The third-order valence-corrected chi connectivity index (χ3v) is 3.77. The van der Waals surface area contributed by atoms with Crippen molar-refractivity contribution in [3.05, 3.63) is 23.2 Å². The Hall–Kier alpha value is -1.69. The standard InChI is InChI=1S/C13H15ClN4O2/c14-11-7-15-9(6-16-11)13(20)18-5-1-2-10(18)12(19)17-8-3-4-8/h6-8,10H,1-5H2,(H,17,19). The van der Waals surface area contributed by atoms with Gasteiger partial charge in [0.15, 0.2) is 0 Å². The van der Waals surface area contributed by atoms with Gasteiger partial charge in [-0.25, -0.2) is 9.97 Å². The maximum absolute atomic E-state index is 12.4. The van der Waals surface area contributed by atoms with Crippen LogP contribution < -0.4 is 5.32 Å². The van der Waals surface area contributed by atoms with Gasteiger partial charge in [0, 0.05) is 12.6 Å². The molecule has 0 bridgehead atoms. The van der Waals surface area contributed by atoms with Gasteiger partial charge < -0.3 is 10.2 Å². The van der Waals surface area contributed by atoms with Crippen LogP contribution in [0, 0.1) is 0 Å². The molecule has 0 radical (unpaired) electrons. The predicted molar refractivity (Wildman–Crippen MR) is 72.3 cm³/mol. The molecule has 106 valence electrons. The SMILES string of the molecule is O=C(NC1CC1)C1CCCN1C(=O)c1cnc(Cl)cn1. The first-order chi connectivity index (χ1) is 9.65. The van der Waals surface area contributed by atoms with Crippen LogP contribution >= 0.6 is 11.6 Å². The number of nitrogens with zero attached hydrogens (tertiary/aromatic N) is 3. The molecule has 20 heavy (non-hydrogen) atoms. The summed E-state index contributed by atoms with van der Waals surface area (Å²) in [5.41, 5.74) is 0.223. The first-order valence-electron chi connectivity index (χ1n) is 6.74. The van der Waals surface area contributed by atoms with Crippen LogP contribution in [0.1, 0.15) is 36.2 Å². The number of carbonyl (C=O) groups is 2. The summed E-state index contributed by atoms with van der Waals surface area (Å²) in [5.74, 6) is -0.317. The molecule has 1 saturated heterocycles. The zero-order chi connectivity index (χ0) is 14.1. The molecule has 1 saturated carbocycles. The van der Waals surface area contributed by atoms with Crippen LogP contribution in [0.4, 0.5) is 0 Å². The summed E-state index contributed by atoms with van der Waals surface area (Å²) < 4.78 is 0. The zero-order valence-corrected chi connectivity index (χ0v) is 11.6. The van der Waals surface area contributed by atoms with Crippen LogP contribution in [0.25, 0.3) is 0 Å². The van der Waals surface area contributed by atoms with Crippen molar-refractivity contribution >= 4 is 23.4 Å². The minimum Gasteiger partial charge on any atom is -0.352 e. The number of aromatic nitrogens is 2. The maximum atomic E-state index is 12.4. The number of carbonyl (C=O) groups excluding carboxylic acids is 2. The van der Waals surface area contributed by atoms with Gasteiger partial charge in [-0.05, 0) is 25.7 Å². The van der Waals surface area contributed by atoms with E-state index in [-0.39, 0.29) is 28.7 Å². The van der Waals surface area contributed by atoms with E-state index in [2.05, 4.69) is 15.3 Å². The van der Waals surface area contributed by atoms with Gasteiger partial charge in [-0.3, -0.25) is 9.59 Å². The van der Waals surface area contributed by atoms with Crippen molar-refractivity contribution in [3.63, 3.8) is 0 Å². The summed E-state index contributed by atoms with van der Waals surface area (Å²) >= 11 is 5.66. The lowest BCUT2D eigenvalue weighted by Gasteiger charge is -2.23. The van der Waals surface area contributed by atoms with Gasteiger partial charge in [0.25, 0.3) is 5.91 Å². The Morgan fingerprint density at radius 2 is 2.05 bits per heavy atom. The summed E-state index contributed by atoms with van der Waals surface area (Å²) in [6.45, 7) is 0.575. The average Bonchev–Trinajstić information content (AvgIpc) is 3.11. The van der Waals surface area contributed by atoms with Gasteiger partial charge in [-0.1, -0.05) is 11.6 Å². The molecule has 3 rings (SSSR count). The second-order valence-electron chi connectivity index (χ2n) is 5.16. The van der Waals surface area contributed by atoms with Gasteiger partial charge >= 0.3 is 0 Å². The van der Waals surface area contributed by atoms with E-state index in [0.717, 1.165) is 19.3 Å². The van der Waals surface area contributed by atoms with E-state index in [4.69, 9.17) is 11.6 Å². The third-order valence-electron chi connectivity index (χ3n) is 3.58. The monoisotopic (exact) mass is 294 g/mol. The quantitative estimate of drug-likeness (QED) is 0.903. The van der Waals surface area contributed by atoms with Gasteiger partial charge in [0.2, 0.25) is 5.91 Å². The summed E-state index contributed by atoms with van der Waals surface area (Å²) in [6.07, 6.45) is 6.29. The molecule has 2 fully saturated rings. The van der Waals surface area contributed by atoms with Crippen molar-refractivity contribution in [2.45, 2.75) is 37.8 Å². The normalized spacial score (nSPS) is 21.9. The van der Waals surface area contributed by atoms with Crippen molar-refractivity contribution in [3.8, 4) is 0 Å². The lowest BCUT2D eigenvalue weighted by Crippen LogP contribution is -2.46. The van der Waals surface area contributed by atoms with Crippen LogP contribution in [0.3, 0.4) is 0 Å². The lowest BCUT2D eigenvalue weighted by atomic mass is 10.2. The molecular formula is C13H15ClN4O2. The Balaban J connectivity index is 1.72. The van der Waals surface area contributed by atoms with Crippen LogP contribution in [-0.2, 0) is 4.79 Å². The zero-order valence-electron chi connectivity index (χ0n) is 10.9. The second kappa shape index (κ2) is 5.36. The number of likely N-dealkylation sites (tertiary alicyclic amines) is 1. The molecular weight excluding hydrogens is 280 g/mol. The minimum atomic E-state index is -0.388. The molecule has 1 aliphatic heterocycles. The van der Waals surface area contributed by atoms with E-state index in [9.17, 15) is 9.59 Å². The molecule has 1 aromatic heterocycles. The molecule has 1 atom stereocenters. The highest BCUT2D eigenvalue weighted by atomic mass is 35.5. The number of nitrogens with one attached hydrogen (secondary N) is 1. The third kappa shape index (κ3) is 2.75. The maximum Gasteiger partial charge on any atom is 0.274 e. The highest BCUT2D eigenvalue weighted by molar-refractivity contribution is 6.29. The Morgan fingerprint density at radius 3 is 2.70 bits per heavy atom. The molecule has 1 aliphatic carbocycles. The summed E-state index contributed by atoms with van der Waals surface area (Å²) in [5, 5.41) is 3.19. The van der Waals surface area contributed by atoms with Crippen molar-refractivity contribution in [2.75, 3.05) is 6.54 Å². The fourth-order valence-electron chi connectivity index (χ4n) is 2.38. The molecule has 7 heteroatoms. The molecule has 2 heterocycles. The van der Waals surface area contributed by atoms with Crippen LogP contribution in [0.5, 0.6) is 0 Å². The molecule has 1 aromatic rings. The van der Waals surface area contributed by atoms with Crippen LogP contribution in [0.15, 0.2) is 12.4 Å². The Bertz CT molecular complexity index is 530. The van der Waals surface area contributed by atoms with Crippen molar-refractivity contribution in [2.24, 2.45) is 0 Å². The minimum absolute atomic E-state index is 0.0553. The van der Waals surface area contributed by atoms with E-state index in [0.29, 0.717) is 19.0 Å². The fraction of sp³-hybridized carbons (Fsp3) is 0.538. The summed E-state index contributed by atoms with van der Waals surface area (Å²) in [4.78, 5) is 33.9. The smallest absolute Gasteiger partial charge is 0.274 e. The topological polar surface area (TPSA) is 75.2 Å². The van der Waals surface area contributed by atoms with E-state index in [1.54, 1.807) is 4.90 Å². The van der Waals surface area contributed by atoms with E-state index < -0.39 is 0 Å². The van der Waals surface area contributed by atoms with Gasteiger partial charge in [0.05, 0.1) is 12.4 Å². The molecule has 1 N–H and O–H groups in total. The van der Waals surface area contributed by atoms with Crippen LogP contribution in [-0.4, -0.2) is 45.3 Å². The molecule has 1 unspecified atom stereocenters. The van der Waals surface area contributed by atoms with Gasteiger partial charge in [0.1, 0.15) is 16.9 Å².